The Morgan fingerprint density at radius 3 is 2.64 bits per heavy atom. The average Bonchev–Trinajstić information content (AvgIpc) is 3.08. The summed E-state index contributed by atoms with van der Waals surface area (Å²) < 4.78 is 1.62. The Labute approximate surface area is 167 Å². The minimum absolute atomic E-state index is 0.0578. The molecule has 0 fully saturated rings. The maximum Gasteiger partial charge on any atom is 0.341 e. The van der Waals surface area contributed by atoms with Crippen LogP contribution in [0.4, 0.5) is 0 Å². The number of nitrogens with zero attached hydrogens (tertiary/aromatic N) is 2. The number of hydrogen-bond acceptors (Lipinski definition) is 5. The number of carboxylic acids is 1. The maximum absolute atomic E-state index is 12.3. The standard InChI is InChI=1S/C20H13ClN2O4S/c21-13-7-6-12(14(8-13)11-4-2-1-3-5-11)9-23-10-15(19(25)26)17(24)16-18(23)28-20(27)22-16/h1-8,10H,9H2,(H,22,27)(H,25,26). The molecule has 0 bridgehead atoms. The fourth-order valence-corrected chi connectivity index (χ4v) is 4.02. The Morgan fingerprint density at radius 2 is 1.93 bits per heavy atom. The Morgan fingerprint density at radius 1 is 1.18 bits per heavy atom. The highest BCUT2D eigenvalue weighted by Crippen LogP contribution is 2.30. The minimum atomic E-state index is -1.34. The molecule has 0 saturated carbocycles. The minimum Gasteiger partial charge on any atom is -0.486 e. The van der Waals surface area contributed by atoms with E-state index in [0.29, 0.717) is 9.85 Å². The van der Waals surface area contributed by atoms with Crippen molar-refractivity contribution in [3.8, 4) is 16.3 Å². The summed E-state index contributed by atoms with van der Waals surface area (Å²) in [5.41, 5.74) is 1.57. The molecule has 2 N–H and O–H groups in total. The molecule has 4 aromatic rings. The van der Waals surface area contributed by atoms with Gasteiger partial charge in [0.25, 0.3) is 5.19 Å². The normalized spacial score (nSPS) is 11.0. The molecular formula is C20H13ClN2O4S. The van der Waals surface area contributed by atoms with Crippen molar-refractivity contribution in [3.05, 3.63) is 81.1 Å². The van der Waals surface area contributed by atoms with Crippen LogP contribution in [0.1, 0.15) is 15.9 Å². The molecule has 0 unspecified atom stereocenters. The number of benzene rings is 2. The van der Waals surface area contributed by atoms with Crippen LogP contribution in [0.3, 0.4) is 0 Å². The van der Waals surface area contributed by atoms with E-state index in [4.69, 9.17) is 11.6 Å². The lowest BCUT2D eigenvalue weighted by Gasteiger charge is -2.14. The Kier molecular flexibility index (Phi) is 4.62. The number of rotatable bonds is 4. The highest BCUT2D eigenvalue weighted by atomic mass is 35.5. The third-order valence-corrected chi connectivity index (χ3v) is 5.46. The summed E-state index contributed by atoms with van der Waals surface area (Å²) in [6, 6.07) is 15.1. The molecule has 0 saturated heterocycles. The van der Waals surface area contributed by atoms with Gasteiger partial charge in [-0.15, -0.1) is 0 Å². The van der Waals surface area contributed by atoms with Gasteiger partial charge in [-0.25, -0.2) is 4.79 Å². The van der Waals surface area contributed by atoms with Gasteiger partial charge < -0.3 is 14.8 Å². The van der Waals surface area contributed by atoms with Crippen molar-refractivity contribution in [1.82, 2.24) is 9.55 Å². The number of carboxylic acid groups (broad SMARTS) is 1. The fourth-order valence-electron chi connectivity index (χ4n) is 3.07. The second kappa shape index (κ2) is 7.10. The van der Waals surface area contributed by atoms with Crippen molar-refractivity contribution in [1.29, 1.82) is 0 Å². The van der Waals surface area contributed by atoms with Gasteiger partial charge in [-0.1, -0.05) is 59.3 Å². The number of hydrogen-bond donors (Lipinski definition) is 2. The summed E-state index contributed by atoms with van der Waals surface area (Å²) in [4.78, 5) is 28.0. The van der Waals surface area contributed by atoms with Gasteiger partial charge in [0.05, 0.1) is 0 Å². The third-order valence-electron chi connectivity index (χ3n) is 4.33. The van der Waals surface area contributed by atoms with E-state index in [0.717, 1.165) is 28.0 Å². The van der Waals surface area contributed by atoms with Crippen LogP contribution < -0.4 is 5.43 Å². The second-order valence-corrected chi connectivity index (χ2v) is 7.52. The van der Waals surface area contributed by atoms with Gasteiger partial charge in [0, 0.05) is 17.8 Å². The van der Waals surface area contributed by atoms with Crippen LogP contribution in [-0.4, -0.2) is 25.7 Å². The van der Waals surface area contributed by atoms with Crippen molar-refractivity contribution < 1.29 is 15.0 Å². The zero-order chi connectivity index (χ0) is 19.8. The number of halogens is 1. The van der Waals surface area contributed by atoms with Crippen molar-refractivity contribution in [2.45, 2.75) is 6.54 Å². The zero-order valence-electron chi connectivity index (χ0n) is 14.3. The molecule has 2 aromatic heterocycles. The summed E-state index contributed by atoms with van der Waals surface area (Å²) in [7, 11) is 0. The number of aromatic hydroxyl groups is 1. The number of pyridine rings is 1. The number of thiazole rings is 1. The Balaban J connectivity index is 1.91. The van der Waals surface area contributed by atoms with E-state index in [1.807, 2.05) is 42.5 Å². The largest absolute Gasteiger partial charge is 0.486 e. The first kappa shape index (κ1) is 18.2. The van der Waals surface area contributed by atoms with Gasteiger partial charge in [-0.3, -0.25) is 4.79 Å². The lowest BCUT2D eigenvalue weighted by molar-refractivity contribution is 0.0695. The molecule has 0 radical (unpaired) electrons. The van der Waals surface area contributed by atoms with E-state index >= 15 is 0 Å². The number of aromatic carboxylic acids is 1. The molecule has 140 valence electrons. The van der Waals surface area contributed by atoms with Crippen LogP contribution >= 0.6 is 22.9 Å². The summed E-state index contributed by atoms with van der Waals surface area (Å²) in [6.45, 7) is 0.278. The summed E-state index contributed by atoms with van der Waals surface area (Å²) in [5.74, 6) is -1.34. The van der Waals surface area contributed by atoms with Crippen molar-refractivity contribution in [3.63, 3.8) is 0 Å². The van der Waals surface area contributed by atoms with E-state index in [9.17, 15) is 19.8 Å². The van der Waals surface area contributed by atoms with Crippen LogP contribution in [0.2, 0.25) is 5.02 Å². The van der Waals surface area contributed by atoms with Crippen LogP contribution in [0.25, 0.3) is 21.5 Å². The van der Waals surface area contributed by atoms with Gasteiger partial charge >= 0.3 is 5.97 Å². The molecule has 6 nitrogen and oxygen atoms in total. The Bertz CT molecular complexity index is 1260. The maximum atomic E-state index is 12.3. The molecule has 2 aromatic carbocycles. The lowest BCUT2D eigenvalue weighted by Crippen LogP contribution is -2.19. The molecule has 2 heterocycles. The predicted molar refractivity (Wildman–Crippen MR) is 108 cm³/mol. The fraction of sp³-hybridized carbons (Fsp3) is 0.0500. The van der Waals surface area contributed by atoms with E-state index in [2.05, 4.69) is 4.98 Å². The molecule has 0 amide bonds. The SMILES string of the molecule is O=C(O)c1cn(Cc2ccc(Cl)cc2-c2ccccc2)c2sc(O)nc2c1=O. The highest BCUT2D eigenvalue weighted by molar-refractivity contribution is 7.19. The van der Waals surface area contributed by atoms with Gasteiger partial charge in [0.2, 0.25) is 5.43 Å². The smallest absolute Gasteiger partial charge is 0.341 e. The van der Waals surface area contributed by atoms with Crippen molar-refractivity contribution in [2.24, 2.45) is 0 Å². The number of aromatic nitrogens is 2. The first-order valence-electron chi connectivity index (χ1n) is 8.24. The molecule has 0 spiro atoms. The molecular weight excluding hydrogens is 400 g/mol. The summed E-state index contributed by atoms with van der Waals surface area (Å²) in [5, 5.41) is 19.4. The number of fused-ring (bicyclic) bond motifs is 1. The topological polar surface area (TPSA) is 92.4 Å². The summed E-state index contributed by atoms with van der Waals surface area (Å²) in [6.07, 6.45) is 1.29. The van der Waals surface area contributed by atoms with Gasteiger partial charge in [0.1, 0.15) is 10.4 Å². The van der Waals surface area contributed by atoms with Crippen LogP contribution in [0.15, 0.2) is 59.5 Å². The third kappa shape index (κ3) is 3.26. The van der Waals surface area contributed by atoms with Gasteiger partial charge in [0.15, 0.2) is 5.52 Å². The second-order valence-electron chi connectivity index (χ2n) is 6.12. The molecule has 0 aliphatic heterocycles. The van der Waals surface area contributed by atoms with Crippen molar-refractivity contribution in [2.75, 3.05) is 0 Å². The molecule has 8 heteroatoms. The number of carbonyl (C=O) groups is 1. The quantitative estimate of drug-likeness (QED) is 0.523. The monoisotopic (exact) mass is 412 g/mol. The van der Waals surface area contributed by atoms with E-state index < -0.39 is 17.0 Å². The first-order chi connectivity index (χ1) is 13.4. The molecule has 28 heavy (non-hydrogen) atoms. The molecule has 0 aliphatic carbocycles. The molecule has 0 aliphatic rings. The zero-order valence-corrected chi connectivity index (χ0v) is 15.9. The van der Waals surface area contributed by atoms with Crippen molar-refractivity contribution >= 4 is 39.3 Å². The van der Waals surface area contributed by atoms with E-state index in [1.165, 1.54) is 6.20 Å². The predicted octanol–water partition coefficient (Wildman–Crippen LogP) is 4.23. The van der Waals surface area contributed by atoms with Crippen LogP contribution in [-0.2, 0) is 6.54 Å². The first-order valence-corrected chi connectivity index (χ1v) is 9.43. The van der Waals surface area contributed by atoms with Crippen LogP contribution in [0, 0.1) is 0 Å². The molecule has 4 rings (SSSR count). The molecule has 0 atom stereocenters. The van der Waals surface area contributed by atoms with Crippen LogP contribution in [0.5, 0.6) is 5.19 Å². The highest BCUT2D eigenvalue weighted by Gasteiger charge is 2.19. The van der Waals surface area contributed by atoms with Gasteiger partial charge in [-0.2, -0.15) is 4.98 Å². The Hall–Kier alpha value is -3.16. The van der Waals surface area contributed by atoms with Gasteiger partial charge in [-0.05, 0) is 28.8 Å². The average molecular weight is 413 g/mol. The summed E-state index contributed by atoms with van der Waals surface area (Å²) >= 11 is 7.11. The van der Waals surface area contributed by atoms with E-state index in [-0.39, 0.29) is 17.3 Å². The van der Waals surface area contributed by atoms with E-state index in [1.54, 1.807) is 10.6 Å². The lowest BCUT2D eigenvalue weighted by atomic mass is 9.99.